The quantitative estimate of drug-likeness (QED) is 0.318. The van der Waals surface area contributed by atoms with Crippen LogP contribution in [0.15, 0.2) is 64.4 Å². The SMILES string of the molecule is O=C(Cc1csc(-c2nc3ccccc3n2C(F)F)c1C(=O)O)c1cc2ccccc2o1. The van der Waals surface area contributed by atoms with Crippen LogP contribution in [-0.2, 0) is 6.42 Å². The second-order valence-electron chi connectivity index (χ2n) is 7.09. The molecule has 6 nitrogen and oxygen atoms in total. The van der Waals surface area contributed by atoms with E-state index in [0.29, 0.717) is 15.7 Å². The number of carboxylic acid groups (broad SMARTS) is 1. The van der Waals surface area contributed by atoms with E-state index in [1.165, 1.54) is 11.4 Å². The second-order valence-corrected chi connectivity index (χ2v) is 7.97. The van der Waals surface area contributed by atoms with E-state index < -0.39 is 18.3 Å². The Morgan fingerprint density at radius 1 is 1.12 bits per heavy atom. The average Bonchev–Trinajstić information content (AvgIpc) is 3.47. The number of carbonyl (C=O) groups excluding carboxylic acids is 1. The van der Waals surface area contributed by atoms with Gasteiger partial charge in [-0.25, -0.2) is 9.78 Å². The number of imidazole rings is 1. The third kappa shape index (κ3) is 3.27. The van der Waals surface area contributed by atoms with Gasteiger partial charge in [-0.15, -0.1) is 11.3 Å². The van der Waals surface area contributed by atoms with Crippen molar-refractivity contribution in [1.82, 2.24) is 9.55 Å². The molecule has 0 unspecified atom stereocenters. The second kappa shape index (κ2) is 7.69. The summed E-state index contributed by atoms with van der Waals surface area (Å²) in [4.78, 5) is 29.2. The van der Waals surface area contributed by atoms with Crippen molar-refractivity contribution in [2.75, 3.05) is 0 Å². The Morgan fingerprint density at radius 3 is 2.62 bits per heavy atom. The summed E-state index contributed by atoms with van der Waals surface area (Å²) < 4.78 is 34.0. The number of furan rings is 1. The number of Topliss-reactive ketones (excluding diaryl/α,β-unsaturated/α-hetero) is 1. The molecule has 5 rings (SSSR count). The van der Waals surface area contributed by atoms with E-state index in [2.05, 4.69) is 4.98 Å². The van der Waals surface area contributed by atoms with Crippen molar-refractivity contribution < 1.29 is 27.9 Å². The van der Waals surface area contributed by atoms with Crippen LogP contribution >= 0.6 is 11.3 Å². The molecule has 0 radical (unpaired) electrons. The predicted molar refractivity (Wildman–Crippen MR) is 116 cm³/mol. The fraction of sp³-hybridized carbons (Fsp3) is 0.0870. The van der Waals surface area contributed by atoms with E-state index in [1.807, 2.05) is 6.07 Å². The predicted octanol–water partition coefficient (Wildman–Crippen LogP) is 6.03. The molecule has 0 aliphatic rings. The summed E-state index contributed by atoms with van der Waals surface area (Å²) in [7, 11) is 0. The number of halogens is 2. The van der Waals surface area contributed by atoms with Gasteiger partial charge in [0.05, 0.1) is 21.5 Å². The van der Waals surface area contributed by atoms with E-state index in [0.717, 1.165) is 16.7 Å². The van der Waals surface area contributed by atoms with Crippen molar-refractivity contribution in [2.24, 2.45) is 0 Å². The maximum Gasteiger partial charge on any atom is 0.337 e. The van der Waals surface area contributed by atoms with Crippen LogP contribution in [0.25, 0.3) is 32.7 Å². The number of aromatic nitrogens is 2. The highest BCUT2D eigenvalue weighted by Crippen LogP contribution is 2.37. The molecule has 0 amide bonds. The highest BCUT2D eigenvalue weighted by molar-refractivity contribution is 7.14. The maximum atomic E-state index is 13.9. The third-order valence-electron chi connectivity index (χ3n) is 5.13. The van der Waals surface area contributed by atoms with Crippen LogP contribution in [0.2, 0.25) is 0 Å². The molecule has 0 bridgehead atoms. The molecule has 160 valence electrons. The Labute approximate surface area is 183 Å². The lowest BCUT2D eigenvalue weighted by molar-refractivity contribution is 0.0692. The molecule has 0 saturated carbocycles. The van der Waals surface area contributed by atoms with Gasteiger partial charge in [-0.3, -0.25) is 9.36 Å². The summed E-state index contributed by atoms with van der Waals surface area (Å²) in [5.41, 5.74) is 1.08. The van der Waals surface area contributed by atoms with Gasteiger partial charge in [-0.05, 0) is 35.2 Å². The number of rotatable bonds is 6. The van der Waals surface area contributed by atoms with Crippen LogP contribution in [0.5, 0.6) is 0 Å². The maximum absolute atomic E-state index is 13.9. The first-order valence-corrected chi connectivity index (χ1v) is 10.4. The summed E-state index contributed by atoms with van der Waals surface area (Å²) in [5.74, 6) is -1.77. The first-order valence-electron chi connectivity index (χ1n) is 9.55. The summed E-state index contributed by atoms with van der Waals surface area (Å²) in [6.45, 7) is -2.92. The molecule has 1 N–H and O–H groups in total. The van der Waals surface area contributed by atoms with Crippen molar-refractivity contribution in [3.8, 4) is 10.7 Å². The molecule has 0 saturated heterocycles. The van der Waals surface area contributed by atoms with E-state index in [9.17, 15) is 23.5 Å². The highest BCUT2D eigenvalue weighted by Gasteiger charge is 2.28. The molecule has 3 heterocycles. The zero-order chi connectivity index (χ0) is 22.4. The number of thiophene rings is 1. The number of nitrogens with zero attached hydrogens (tertiary/aromatic N) is 2. The van der Waals surface area contributed by atoms with Crippen LogP contribution in [0, 0.1) is 0 Å². The number of carbonyl (C=O) groups is 2. The number of para-hydroxylation sites is 3. The lowest BCUT2D eigenvalue weighted by Gasteiger charge is -2.08. The number of ketones is 1. The smallest absolute Gasteiger partial charge is 0.337 e. The minimum atomic E-state index is -2.92. The number of hydrogen-bond donors (Lipinski definition) is 1. The number of fused-ring (bicyclic) bond motifs is 2. The lowest BCUT2D eigenvalue weighted by atomic mass is 10.0. The van der Waals surface area contributed by atoms with Crippen LogP contribution in [-0.4, -0.2) is 26.4 Å². The van der Waals surface area contributed by atoms with Crippen molar-refractivity contribution in [1.29, 1.82) is 0 Å². The van der Waals surface area contributed by atoms with Gasteiger partial charge >= 0.3 is 12.5 Å². The number of carboxylic acids is 1. The number of benzene rings is 2. The van der Waals surface area contributed by atoms with Gasteiger partial charge in [0.1, 0.15) is 5.58 Å². The Hall–Kier alpha value is -3.85. The van der Waals surface area contributed by atoms with Gasteiger partial charge in [0.2, 0.25) is 5.78 Å². The molecular weight excluding hydrogens is 438 g/mol. The largest absolute Gasteiger partial charge is 0.478 e. The Balaban J connectivity index is 1.58. The van der Waals surface area contributed by atoms with Gasteiger partial charge in [-0.1, -0.05) is 30.3 Å². The minimum absolute atomic E-state index is 0.0707. The molecule has 2 aromatic carbocycles. The molecule has 9 heteroatoms. The van der Waals surface area contributed by atoms with Crippen LogP contribution in [0.4, 0.5) is 8.78 Å². The summed E-state index contributed by atoms with van der Waals surface area (Å²) >= 11 is 0.966. The molecule has 0 fully saturated rings. The van der Waals surface area contributed by atoms with Crippen molar-refractivity contribution in [2.45, 2.75) is 13.0 Å². The van der Waals surface area contributed by atoms with Gasteiger partial charge < -0.3 is 9.52 Å². The molecule has 0 spiro atoms. The topological polar surface area (TPSA) is 85.3 Å². The Bertz CT molecular complexity index is 1470. The summed E-state index contributed by atoms with van der Waals surface area (Å²) in [5, 5.41) is 12.1. The van der Waals surface area contributed by atoms with Gasteiger partial charge in [-0.2, -0.15) is 8.78 Å². The Kier molecular flexibility index (Phi) is 4.82. The molecule has 0 aliphatic heterocycles. The average molecular weight is 452 g/mol. The fourth-order valence-corrected chi connectivity index (χ4v) is 4.75. The zero-order valence-corrected chi connectivity index (χ0v) is 17.1. The first kappa shape index (κ1) is 20.1. The van der Waals surface area contributed by atoms with Gasteiger partial charge in [0.25, 0.3) is 0 Å². The molecule has 0 atom stereocenters. The van der Waals surface area contributed by atoms with E-state index in [1.54, 1.807) is 42.5 Å². The standard InChI is InChI=1S/C23H14F2N2O4S/c24-23(25)27-15-7-3-2-6-14(15)26-21(27)20-19(22(29)30)13(11-32-20)9-16(28)18-10-12-5-1-4-8-17(12)31-18/h1-8,10-11,23H,9H2,(H,29,30). The van der Waals surface area contributed by atoms with Gasteiger partial charge in [0, 0.05) is 11.8 Å². The van der Waals surface area contributed by atoms with E-state index in [-0.39, 0.29) is 39.5 Å². The fourth-order valence-electron chi connectivity index (χ4n) is 3.70. The zero-order valence-electron chi connectivity index (χ0n) is 16.3. The number of aromatic carboxylic acids is 1. The Morgan fingerprint density at radius 2 is 1.88 bits per heavy atom. The third-order valence-corrected chi connectivity index (χ3v) is 6.15. The molecule has 0 aliphatic carbocycles. The van der Waals surface area contributed by atoms with Crippen molar-refractivity contribution in [3.05, 3.63) is 76.9 Å². The number of hydrogen-bond acceptors (Lipinski definition) is 5. The van der Waals surface area contributed by atoms with Crippen LogP contribution in [0.1, 0.15) is 33.0 Å². The molecule has 3 aromatic heterocycles. The summed E-state index contributed by atoms with van der Waals surface area (Å²) in [6, 6.07) is 15.1. The number of alkyl halides is 2. The van der Waals surface area contributed by atoms with E-state index in [4.69, 9.17) is 4.42 Å². The van der Waals surface area contributed by atoms with Crippen molar-refractivity contribution in [3.63, 3.8) is 0 Å². The molecular formula is C23H14F2N2O4S. The lowest BCUT2D eigenvalue weighted by Crippen LogP contribution is -2.08. The summed E-state index contributed by atoms with van der Waals surface area (Å²) in [6.07, 6.45) is -0.243. The van der Waals surface area contributed by atoms with Crippen LogP contribution < -0.4 is 0 Å². The molecule has 32 heavy (non-hydrogen) atoms. The van der Waals surface area contributed by atoms with E-state index >= 15 is 0 Å². The normalized spacial score (nSPS) is 11.6. The minimum Gasteiger partial charge on any atom is -0.478 e. The first-order chi connectivity index (χ1) is 15.4. The highest BCUT2D eigenvalue weighted by atomic mass is 32.1. The van der Waals surface area contributed by atoms with Crippen LogP contribution in [0.3, 0.4) is 0 Å². The molecule has 5 aromatic rings. The van der Waals surface area contributed by atoms with Crippen molar-refractivity contribution >= 4 is 45.1 Å². The monoisotopic (exact) mass is 452 g/mol. The van der Waals surface area contributed by atoms with Gasteiger partial charge in [0.15, 0.2) is 11.6 Å².